The zero-order chi connectivity index (χ0) is 18.4. The van der Waals surface area contributed by atoms with Gasteiger partial charge >= 0.3 is 0 Å². The second kappa shape index (κ2) is 8.81. The molecule has 1 aliphatic heterocycles. The molecular weight excluding hydrogens is 350 g/mol. The minimum Gasteiger partial charge on any atom is -0.356 e. The maximum atomic E-state index is 12.4. The fourth-order valence-corrected chi connectivity index (χ4v) is 3.35. The number of aromatic nitrogens is 1. The third-order valence-corrected chi connectivity index (χ3v) is 5.08. The zero-order valence-corrected chi connectivity index (χ0v) is 15.3. The highest BCUT2D eigenvalue weighted by molar-refractivity contribution is 6.31. The minimum atomic E-state index is -0.0213. The molecule has 2 amide bonds. The third kappa shape index (κ3) is 4.82. The summed E-state index contributed by atoms with van der Waals surface area (Å²) >= 11 is 6.09. The van der Waals surface area contributed by atoms with Gasteiger partial charge in [-0.15, -0.1) is 0 Å². The van der Waals surface area contributed by atoms with E-state index in [1.165, 1.54) is 0 Å². The highest BCUT2D eigenvalue weighted by Crippen LogP contribution is 2.19. The van der Waals surface area contributed by atoms with Crippen LogP contribution >= 0.6 is 11.6 Å². The van der Waals surface area contributed by atoms with Crippen LogP contribution in [0.1, 0.15) is 28.8 Å². The first-order valence-corrected chi connectivity index (χ1v) is 9.20. The highest BCUT2D eigenvalue weighted by atomic mass is 35.5. The number of halogens is 1. The van der Waals surface area contributed by atoms with Gasteiger partial charge in [-0.25, -0.2) is 0 Å². The number of amides is 2. The summed E-state index contributed by atoms with van der Waals surface area (Å²) in [6.45, 7) is 2.05. The minimum absolute atomic E-state index is 0.0213. The Balaban J connectivity index is 1.42. The van der Waals surface area contributed by atoms with Crippen molar-refractivity contribution in [2.24, 2.45) is 5.92 Å². The van der Waals surface area contributed by atoms with Gasteiger partial charge in [-0.1, -0.05) is 29.8 Å². The topological polar surface area (TPSA) is 62.3 Å². The quantitative estimate of drug-likeness (QED) is 0.878. The number of carbonyl (C=O) groups excluding carboxylic acids is 2. The Labute approximate surface area is 158 Å². The van der Waals surface area contributed by atoms with E-state index in [1.54, 1.807) is 30.6 Å². The van der Waals surface area contributed by atoms with Crippen molar-refractivity contribution < 1.29 is 9.59 Å². The summed E-state index contributed by atoms with van der Waals surface area (Å²) in [5.41, 5.74) is 1.46. The molecule has 0 aliphatic carbocycles. The molecule has 6 heteroatoms. The van der Waals surface area contributed by atoms with Gasteiger partial charge < -0.3 is 10.2 Å². The van der Waals surface area contributed by atoms with Crippen LogP contribution in [0.3, 0.4) is 0 Å². The summed E-state index contributed by atoms with van der Waals surface area (Å²) in [5, 5.41) is 3.61. The Hall–Kier alpha value is -2.40. The van der Waals surface area contributed by atoms with E-state index < -0.39 is 0 Å². The van der Waals surface area contributed by atoms with E-state index in [2.05, 4.69) is 10.3 Å². The maximum absolute atomic E-state index is 12.4. The largest absolute Gasteiger partial charge is 0.356 e. The lowest BCUT2D eigenvalue weighted by molar-refractivity contribution is -0.120. The van der Waals surface area contributed by atoms with Crippen molar-refractivity contribution in [1.29, 1.82) is 0 Å². The number of hydrogen-bond acceptors (Lipinski definition) is 3. The van der Waals surface area contributed by atoms with Gasteiger partial charge in [0.2, 0.25) is 5.91 Å². The third-order valence-electron chi connectivity index (χ3n) is 4.71. The second-order valence-corrected chi connectivity index (χ2v) is 6.96. The van der Waals surface area contributed by atoms with Crippen LogP contribution in [0.5, 0.6) is 0 Å². The van der Waals surface area contributed by atoms with Crippen LogP contribution in [0, 0.1) is 5.92 Å². The average Bonchev–Trinajstić information content (AvgIpc) is 2.69. The van der Waals surface area contributed by atoms with Crippen molar-refractivity contribution >= 4 is 23.4 Å². The summed E-state index contributed by atoms with van der Waals surface area (Å²) < 4.78 is 0. The SMILES string of the molecule is O=C(Cc1ccccc1Cl)NCC1CCN(C(=O)c2cccnc2)CC1. The Morgan fingerprint density at radius 3 is 2.62 bits per heavy atom. The molecular formula is C20H22ClN3O2. The van der Waals surface area contributed by atoms with Crippen molar-refractivity contribution in [2.45, 2.75) is 19.3 Å². The van der Waals surface area contributed by atoms with E-state index >= 15 is 0 Å². The van der Waals surface area contributed by atoms with Gasteiger partial charge in [-0.2, -0.15) is 0 Å². The second-order valence-electron chi connectivity index (χ2n) is 6.55. The number of carbonyl (C=O) groups is 2. The smallest absolute Gasteiger partial charge is 0.255 e. The number of nitrogens with one attached hydrogen (secondary N) is 1. The van der Waals surface area contributed by atoms with Crippen LogP contribution in [0.4, 0.5) is 0 Å². The number of likely N-dealkylation sites (tertiary alicyclic amines) is 1. The highest BCUT2D eigenvalue weighted by Gasteiger charge is 2.24. The molecule has 1 saturated heterocycles. The molecule has 1 aromatic heterocycles. The Morgan fingerprint density at radius 1 is 1.15 bits per heavy atom. The van der Waals surface area contributed by atoms with Gasteiger partial charge in [0.25, 0.3) is 5.91 Å². The summed E-state index contributed by atoms with van der Waals surface area (Å²) in [6.07, 6.45) is 5.33. The number of hydrogen-bond donors (Lipinski definition) is 1. The lowest BCUT2D eigenvalue weighted by Crippen LogP contribution is -2.41. The molecule has 5 nitrogen and oxygen atoms in total. The van der Waals surface area contributed by atoms with E-state index in [4.69, 9.17) is 11.6 Å². The van der Waals surface area contributed by atoms with Gasteiger partial charge in [-0.3, -0.25) is 14.6 Å². The number of nitrogens with zero attached hydrogens (tertiary/aromatic N) is 2. The number of piperidine rings is 1. The molecule has 1 N–H and O–H groups in total. The van der Waals surface area contributed by atoms with Gasteiger partial charge in [-0.05, 0) is 42.5 Å². The predicted octanol–water partition coefficient (Wildman–Crippen LogP) is 2.95. The Kier molecular flexibility index (Phi) is 6.23. The molecule has 3 rings (SSSR count). The molecule has 2 heterocycles. The van der Waals surface area contributed by atoms with Crippen molar-refractivity contribution in [3.05, 3.63) is 64.9 Å². The van der Waals surface area contributed by atoms with Crippen molar-refractivity contribution in [3.63, 3.8) is 0 Å². The van der Waals surface area contributed by atoms with Gasteiger partial charge in [0, 0.05) is 37.1 Å². The Morgan fingerprint density at radius 2 is 1.92 bits per heavy atom. The molecule has 0 spiro atoms. The van der Waals surface area contributed by atoms with E-state index in [1.807, 2.05) is 23.1 Å². The van der Waals surface area contributed by atoms with Gasteiger partial charge in [0.1, 0.15) is 0 Å². The lowest BCUT2D eigenvalue weighted by atomic mass is 9.96. The molecule has 1 fully saturated rings. The number of pyridine rings is 1. The van der Waals surface area contributed by atoms with Crippen molar-refractivity contribution in [1.82, 2.24) is 15.2 Å². The molecule has 0 radical (unpaired) electrons. The van der Waals surface area contributed by atoms with Crippen LogP contribution in [0.25, 0.3) is 0 Å². The Bertz CT molecular complexity index is 759. The molecule has 0 atom stereocenters. The lowest BCUT2D eigenvalue weighted by Gasteiger charge is -2.32. The fraction of sp³-hybridized carbons (Fsp3) is 0.350. The fourth-order valence-electron chi connectivity index (χ4n) is 3.15. The van der Waals surface area contributed by atoms with Crippen LogP contribution in [0.2, 0.25) is 5.02 Å². The summed E-state index contributed by atoms with van der Waals surface area (Å²) in [4.78, 5) is 30.4. The molecule has 0 bridgehead atoms. The van der Waals surface area contributed by atoms with Gasteiger partial charge in [0.05, 0.1) is 12.0 Å². The van der Waals surface area contributed by atoms with Gasteiger partial charge in [0.15, 0.2) is 0 Å². The van der Waals surface area contributed by atoms with E-state index in [-0.39, 0.29) is 18.2 Å². The molecule has 1 aromatic carbocycles. The van der Waals surface area contributed by atoms with Crippen LogP contribution in [-0.4, -0.2) is 41.3 Å². The summed E-state index contributed by atoms with van der Waals surface area (Å²) in [5.74, 6) is 0.398. The molecule has 136 valence electrons. The molecule has 0 unspecified atom stereocenters. The molecule has 1 aliphatic rings. The first kappa shape index (κ1) is 18.4. The van der Waals surface area contributed by atoms with Crippen molar-refractivity contribution in [3.8, 4) is 0 Å². The van der Waals surface area contributed by atoms with E-state index in [9.17, 15) is 9.59 Å². The summed E-state index contributed by atoms with van der Waals surface area (Å²) in [7, 11) is 0. The van der Waals surface area contributed by atoms with E-state index in [0.717, 1.165) is 18.4 Å². The predicted molar refractivity (Wildman–Crippen MR) is 101 cm³/mol. The number of benzene rings is 1. The first-order valence-electron chi connectivity index (χ1n) is 8.83. The van der Waals surface area contributed by atoms with Crippen molar-refractivity contribution in [2.75, 3.05) is 19.6 Å². The number of rotatable bonds is 5. The first-order chi connectivity index (χ1) is 12.6. The summed E-state index contributed by atoms with van der Waals surface area (Å²) in [6, 6.07) is 10.9. The molecule has 0 saturated carbocycles. The zero-order valence-electron chi connectivity index (χ0n) is 14.5. The molecule has 2 aromatic rings. The normalized spacial score (nSPS) is 14.9. The maximum Gasteiger partial charge on any atom is 0.255 e. The standard InChI is InChI=1S/C20H22ClN3O2/c21-18-6-2-1-4-16(18)12-19(25)23-13-15-7-10-24(11-8-15)20(26)17-5-3-9-22-14-17/h1-6,9,14-15H,7-8,10-13H2,(H,23,25). The van der Waals surface area contributed by atoms with Crippen LogP contribution in [0.15, 0.2) is 48.8 Å². The molecule has 26 heavy (non-hydrogen) atoms. The van der Waals surface area contributed by atoms with Crippen LogP contribution in [-0.2, 0) is 11.2 Å². The monoisotopic (exact) mass is 371 g/mol. The average molecular weight is 372 g/mol. The van der Waals surface area contributed by atoms with E-state index in [0.29, 0.717) is 36.1 Å². The van der Waals surface area contributed by atoms with Crippen LogP contribution < -0.4 is 5.32 Å².